The van der Waals surface area contributed by atoms with Crippen molar-refractivity contribution in [1.29, 1.82) is 0 Å². The summed E-state index contributed by atoms with van der Waals surface area (Å²) in [5, 5.41) is 42.4. The van der Waals surface area contributed by atoms with Gasteiger partial charge in [0, 0.05) is 12.8 Å². The van der Waals surface area contributed by atoms with E-state index in [0.717, 1.165) is 16.7 Å². The number of β-lactam (4-membered cyclic amide) rings is 1. The van der Waals surface area contributed by atoms with Crippen LogP contribution in [0.4, 0.5) is 0 Å². The van der Waals surface area contributed by atoms with Gasteiger partial charge in [-0.3, -0.25) is 19.3 Å². The molecule has 1 saturated heterocycles. The Morgan fingerprint density at radius 1 is 1.26 bits per heavy atom. The van der Waals surface area contributed by atoms with Gasteiger partial charge in [0.05, 0.1) is 6.61 Å². The van der Waals surface area contributed by atoms with Crippen molar-refractivity contribution in [3.05, 3.63) is 41.1 Å². The fraction of sp³-hybridized carbons (Fsp3) is 0.316. The maximum atomic E-state index is 12.8. The molecule has 0 radical (unpaired) electrons. The highest BCUT2D eigenvalue weighted by Gasteiger charge is 2.55. The lowest BCUT2D eigenvalue weighted by Crippen LogP contribution is -2.73. The number of carboxylic acid groups (broad SMARTS) is 2. The smallest absolute Gasteiger partial charge is 0.352 e. The molecular weight excluding hydrogens is 472 g/mol. The number of benzene rings is 1. The number of carbonyl (C=O) groups is 4. The Hall–Kier alpha value is -3.98. The van der Waals surface area contributed by atoms with Crippen LogP contribution < -0.4 is 5.32 Å². The summed E-state index contributed by atoms with van der Waals surface area (Å²) in [5.74, 6) is -6.13. The topological polar surface area (TPSA) is 197 Å². The van der Waals surface area contributed by atoms with Gasteiger partial charge in [-0.15, -0.1) is 5.10 Å². The Balaban J connectivity index is 1.49. The number of thioether (sulfide) groups is 1. The van der Waals surface area contributed by atoms with Crippen LogP contribution >= 0.6 is 11.8 Å². The number of ether oxygens (including phenoxy) is 1. The van der Waals surface area contributed by atoms with E-state index in [2.05, 4.69) is 20.8 Å². The molecule has 1 aromatic carbocycles. The van der Waals surface area contributed by atoms with Crippen molar-refractivity contribution in [3.8, 4) is 5.75 Å². The summed E-state index contributed by atoms with van der Waals surface area (Å²) in [6, 6.07) is 3.78. The van der Waals surface area contributed by atoms with Crippen LogP contribution in [0.15, 0.2) is 40.7 Å². The molecule has 2 aliphatic rings. The second-order valence-electron chi connectivity index (χ2n) is 7.39. The van der Waals surface area contributed by atoms with Crippen LogP contribution in [0.25, 0.3) is 0 Å². The Morgan fingerprint density at radius 3 is 2.56 bits per heavy atom. The van der Waals surface area contributed by atoms with Crippen molar-refractivity contribution >= 4 is 35.5 Å². The van der Waals surface area contributed by atoms with E-state index in [-0.39, 0.29) is 29.4 Å². The molecule has 14 nitrogen and oxygen atoms in total. The molecule has 3 heterocycles. The number of phenolic OH excluding ortho intramolecular Hbond substituents is 1. The third kappa shape index (κ3) is 4.17. The van der Waals surface area contributed by atoms with E-state index in [1.807, 2.05) is 0 Å². The molecule has 34 heavy (non-hydrogen) atoms. The minimum atomic E-state index is -1.65. The zero-order valence-corrected chi connectivity index (χ0v) is 18.3. The Labute approximate surface area is 195 Å². The monoisotopic (exact) mass is 490 g/mol. The number of nitrogens with zero attached hydrogens (tertiary/aromatic N) is 5. The molecule has 2 aromatic rings. The normalized spacial score (nSPS) is 20.4. The number of fused-ring (bicyclic) bond motifs is 1. The lowest BCUT2D eigenvalue weighted by atomic mass is 9.95. The summed E-state index contributed by atoms with van der Waals surface area (Å²) < 4.78 is 7.04. The fourth-order valence-electron chi connectivity index (χ4n) is 3.60. The van der Waals surface area contributed by atoms with E-state index >= 15 is 0 Å². The van der Waals surface area contributed by atoms with Gasteiger partial charge in [0.25, 0.3) is 5.91 Å². The van der Waals surface area contributed by atoms with Gasteiger partial charge in [-0.25, -0.2) is 9.48 Å². The standard InChI is InChI=1S/C19H18N6O8S/c1-24-19(21-22-23-24)34-7-9-6-33-16-12(15(28)25(16)13(9)18(31)32)20-14(27)11(17(29)30)8-2-4-10(26)5-3-8/h2-5,11-12,16,26H,6-7H2,1H3,(H,20,27)(H,29,30)(H,31,32)/t11?,12-,16?/m1/s1. The summed E-state index contributed by atoms with van der Waals surface area (Å²) in [7, 11) is 1.62. The van der Waals surface area contributed by atoms with Crippen LogP contribution in [0.1, 0.15) is 11.5 Å². The van der Waals surface area contributed by atoms with Crippen molar-refractivity contribution in [2.24, 2.45) is 7.05 Å². The number of aromatic nitrogens is 4. The van der Waals surface area contributed by atoms with E-state index in [1.54, 1.807) is 7.05 Å². The molecule has 4 N–H and O–H groups in total. The van der Waals surface area contributed by atoms with Gasteiger partial charge in [0.2, 0.25) is 11.1 Å². The highest BCUT2D eigenvalue weighted by Crippen LogP contribution is 2.35. The molecule has 2 amide bonds. The van der Waals surface area contributed by atoms with Crippen molar-refractivity contribution in [1.82, 2.24) is 30.4 Å². The number of phenols is 1. The van der Waals surface area contributed by atoms with Crippen molar-refractivity contribution in [3.63, 3.8) is 0 Å². The zero-order valence-electron chi connectivity index (χ0n) is 17.5. The predicted molar refractivity (Wildman–Crippen MR) is 111 cm³/mol. The number of tetrazole rings is 1. The highest BCUT2D eigenvalue weighted by molar-refractivity contribution is 7.99. The molecule has 0 bridgehead atoms. The maximum absolute atomic E-state index is 12.8. The fourth-order valence-corrected chi connectivity index (χ4v) is 4.44. The van der Waals surface area contributed by atoms with Crippen molar-refractivity contribution < 1.29 is 39.2 Å². The van der Waals surface area contributed by atoms with Gasteiger partial charge in [-0.05, 0) is 33.7 Å². The molecule has 0 aliphatic carbocycles. The van der Waals surface area contributed by atoms with E-state index in [0.29, 0.717) is 10.7 Å². The third-order valence-corrected chi connectivity index (χ3v) is 6.34. The molecule has 15 heteroatoms. The van der Waals surface area contributed by atoms with Crippen LogP contribution in [0, 0.1) is 0 Å². The van der Waals surface area contributed by atoms with Gasteiger partial charge in [-0.1, -0.05) is 23.9 Å². The number of hydrogen-bond acceptors (Lipinski definition) is 10. The minimum Gasteiger partial charge on any atom is -0.508 e. The van der Waals surface area contributed by atoms with Gasteiger partial charge in [0.1, 0.15) is 11.4 Å². The first-order valence-electron chi connectivity index (χ1n) is 9.76. The third-order valence-electron chi connectivity index (χ3n) is 5.24. The molecule has 0 spiro atoms. The van der Waals surface area contributed by atoms with E-state index in [9.17, 15) is 34.5 Å². The second-order valence-corrected chi connectivity index (χ2v) is 8.33. The van der Waals surface area contributed by atoms with Gasteiger partial charge in [-0.2, -0.15) is 0 Å². The summed E-state index contributed by atoms with van der Waals surface area (Å²) in [6.45, 7) is -0.124. The molecule has 0 saturated carbocycles. The number of rotatable bonds is 8. The van der Waals surface area contributed by atoms with Crippen molar-refractivity contribution in [2.45, 2.75) is 23.3 Å². The second kappa shape index (κ2) is 9.11. The minimum absolute atomic E-state index is 0.0969. The number of carbonyl (C=O) groups excluding carboxylic acids is 2. The van der Waals surface area contributed by atoms with Crippen LogP contribution in [0.2, 0.25) is 0 Å². The first-order chi connectivity index (χ1) is 16.2. The molecule has 1 aromatic heterocycles. The molecule has 4 rings (SSSR count). The molecular formula is C19H18N6O8S. The van der Waals surface area contributed by atoms with Crippen molar-refractivity contribution in [2.75, 3.05) is 12.4 Å². The number of nitrogens with one attached hydrogen (secondary N) is 1. The summed E-state index contributed by atoms with van der Waals surface area (Å²) in [6.07, 6.45) is -1.10. The average molecular weight is 490 g/mol. The Bertz CT molecular complexity index is 1200. The summed E-state index contributed by atoms with van der Waals surface area (Å²) in [4.78, 5) is 50.0. The lowest BCUT2D eigenvalue weighted by molar-refractivity contribution is -0.185. The van der Waals surface area contributed by atoms with Crippen LogP contribution in [-0.4, -0.2) is 88.8 Å². The lowest BCUT2D eigenvalue weighted by Gasteiger charge is -2.49. The number of hydrogen-bond donors (Lipinski definition) is 4. The average Bonchev–Trinajstić information content (AvgIpc) is 3.21. The maximum Gasteiger partial charge on any atom is 0.352 e. The van der Waals surface area contributed by atoms with Gasteiger partial charge < -0.3 is 25.4 Å². The quantitative estimate of drug-likeness (QED) is 0.198. The number of aromatic hydroxyl groups is 1. The summed E-state index contributed by atoms with van der Waals surface area (Å²) >= 11 is 1.16. The van der Waals surface area contributed by atoms with Crippen LogP contribution in [-0.2, 0) is 31.0 Å². The molecule has 1 fully saturated rings. The molecule has 2 aliphatic heterocycles. The van der Waals surface area contributed by atoms with Gasteiger partial charge >= 0.3 is 11.9 Å². The van der Waals surface area contributed by atoms with E-state index in [4.69, 9.17) is 4.74 Å². The van der Waals surface area contributed by atoms with Crippen LogP contribution in [0.5, 0.6) is 5.75 Å². The number of amides is 2. The van der Waals surface area contributed by atoms with Gasteiger partial charge in [0.15, 0.2) is 18.2 Å². The van der Waals surface area contributed by atoms with E-state index in [1.165, 1.54) is 28.9 Å². The number of aliphatic carboxylic acids is 2. The van der Waals surface area contributed by atoms with E-state index < -0.39 is 41.9 Å². The molecule has 3 atom stereocenters. The number of aryl methyl sites for hydroxylation is 1. The molecule has 178 valence electrons. The first-order valence-corrected chi connectivity index (χ1v) is 10.7. The zero-order chi connectivity index (χ0) is 24.6. The highest BCUT2D eigenvalue weighted by atomic mass is 32.2. The SMILES string of the molecule is Cn1nnnc1SCC1=C(C(=O)O)N2C(=O)[C@@H](NC(=O)C(C(=O)O)c3ccc(O)cc3)C2OC1. The number of carboxylic acids is 2. The Kier molecular flexibility index (Phi) is 6.21. The largest absolute Gasteiger partial charge is 0.508 e. The predicted octanol–water partition coefficient (Wildman–Crippen LogP) is -1.10. The van der Waals surface area contributed by atoms with Crippen LogP contribution in [0.3, 0.4) is 0 Å². The molecule has 2 unspecified atom stereocenters. The summed E-state index contributed by atoms with van der Waals surface area (Å²) in [5.41, 5.74) is 0.157. The first kappa shape index (κ1) is 23.2. The Morgan fingerprint density at radius 2 is 1.97 bits per heavy atom.